The number of aryl methyl sites for hydroxylation is 1. The molecule has 3 rings (SSSR count). The Morgan fingerprint density at radius 3 is 2.50 bits per heavy atom. The summed E-state index contributed by atoms with van der Waals surface area (Å²) in [5.41, 5.74) is 4.63. The highest BCUT2D eigenvalue weighted by Gasteiger charge is 2.28. The second-order valence-corrected chi connectivity index (χ2v) is 5.94. The predicted molar refractivity (Wildman–Crippen MR) is 82.4 cm³/mol. The lowest BCUT2D eigenvalue weighted by Gasteiger charge is -2.24. The molecule has 1 heteroatoms. The van der Waals surface area contributed by atoms with Gasteiger partial charge in [0.1, 0.15) is 0 Å². The molecule has 1 aliphatic carbocycles. The van der Waals surface area contributed by atoms with Gasteiger partial charge in [-0.3, -0.25) is 4.79 Å². The highest BCUT2D eigenvalue weighted by Crippen LogP contribution is 2.33. The van der Waals surface area contributed by atoms with E-state index in [0.717, 1.165) is 24.0 Å². The van der Waals surface area contributed by atoms with Gasteiger partial charge in [-0.2, -0.15) is 0 Å². The van der Waals surface area contributed by atoms with Crippen molar-refractivity contribution < 1.29 is 4.79 Å². The van der Waals surface area contributed by atoms with Gasteiger partial charge in [-0.1, -0.05) is 62.4 Å². The molecule has 0 bridgehead atoms. The smallest absolute Gasteiger partial charge is 0.170 e. The fourth-order valence-electron chi connectivity index (χ4n) is 3.04. The van der Waals surface area contributed by atoms with E-state index < -0.39 is 0 Å². The van der Waals surface area contributed by atoms with Crippen LogP contribution >= 0.6 is 0 Å². The zero-order valence-electron chi connectivity index (χ0n) is 12.1. The lowest BCUT2D eigenvalue weighted by Crippen LogP contribution is -2.21. The molecule has 20 heavy (non-hydrogen) atoms. The molecular weight excluding hydrogens is 244 g/mol. The maximum absolute atomic E-state index is 12.7. The summed E-state index contributed by atoms with van der Waals surface area (Å²) in [5, 5.41) is 0. The normalized spacial score (nSPS) is 18.1. The summed E-state index contributed by atoms with van der Waals surface area (Å²) in [6.07, 6.45) is 1.93. The van der Waals surface area contributed by atoms with Crippen LogP contribution in [0, 0.1) is 0 Å². The number of carbonyl (C=O) groups excluding carboxylic acids is 1. The minimum Gasteiger partial charge on any atom is -0.293 e. The zero-order chi connectivity index (χ0) is 14.1. The van der Waals surface area contributed by atoms with E-state index in [0.29, 0.717) is 5.92 Å². The highest BCUT2D eigenvalue weighted by atomic mass is 16.1. The van der Waals surface area contributed by atoms with Crippen LogP contribution in [0.25, 0.3) is 0 Å². The van der Waals surface area contributed by atoms with Crippen molar-refractivity contribution >= 4 is 5.78 Å². The van der Waals surface area contributed by atoms with Crippen LogP contribution in [0.2, 0.25) is 0 Å². The molecule has 0 radical (unpaired) electrons. The Morgan fingerprint density at radius 1 is 1.05 bits per heavy atom. The van der Waals surface area contributed by atoms with Crippen LogP contribution in [0.3, 0.4) is 0 Å². The van der Waals surface area contributed by atoms with E-state index >= 15 is 0 Å². The first-order chi connectivity index (χ1) is 9.66. The van der Waals surface area contributed by atoms with Crippen LogP contribution in [0.4, 0.5) is 0 Å². The molecule has 0 amide bonds. The van der Waals surface area contributed by atoms with Gasteiger partial charge in [0.05, 0.1) is 0 Å². The van der Waals surface area contributed by atoms with Crippen molar-refractivity contribution in [2.75, 3.05) is 0 Å². The molecule has 0 aliphatic heterocycles. The fourth-order valence-corrected chi connectivity index (χ4v) is 3.04. The molecule has 2 aromatic carbocycles. The number of rotatable bonds is 2. The molecule has 0 heterocycles. The Balaban J connectivity index is 1.96. The lowest BCUT2D eigenvalue weighted by atomic mass is 9.78. The second-order valence-electron chi connectivity index (χ2n) is 5.94. The molecule has 0 spiro atoms. The summed E-state index contributed by atoms with van der Waals surface area (Å²) < 4.78 is 0. The maximum atomic E-state index is 12.7. The largest absolute Gasteiger partial charge is 0.293 e. The van der Waals surface area contributed by atoms with Gasteiger partial charge in [0, 0.05) is 11.5 Å². The SMILES string of the molecule is CC(C)c1ccc2c(c1)CC[C@@H](c1ccccc1)C2=O. The van der Waals surface area contributed by atoms with Crippen LogP contribution in [0.5, 0.6) is 0 Å². The van der Waals surface area contributed by atoms with E-state index in [4.69, 9.17) is 0 Å². The van der Waals surface area contributed by atoms with Crippen molar-refractivity contribution in [2.45, 2.75) is 38.5 Å². The third-order valence-electron chi connectivity index (χ3n) is 4.28. The van der Waals surface area contributed by atoms with Gasteiger partial charge in [-0.15, -0.1) is 0 Å². The van der Waals surface area contributed by atoms with Crippen LogP contribution in [0.15, 0.2) is 48.5 Å². The highest BCUT2D eigenvalue weighted by molar-refractivity contribution is 6.03. The molecule has 102 valence electrons. The molecule has 0 unspecified atom stereocenters. The van der Waals surface area contributed by atoms with Crippen LogP contribution in [-0.4, -0.2) is 5.78 Å². The molecule has 0 N–H and O–H groups in total. The van der Waals surface area contributed by atoms with Crippen LogP contribution < -0.4 is 0 Å². The third-order valence-corrected chi connectivity index (χ3v) is 4.28. The minimum absolute atomic E-state index is 0.0357. The summed E-state index contributed by atoms with van der Waals surface area (Å²) in [7, 11) is 0. The quantitative estimate of drug-likeness (QED) is 0.767. The number of Topliss-reactive ketones (excluding diaryl/α,β-unsaturated/α-hetero) is 1. The first kappa shape index (κ1) is 13.1. The molecule has 1 nitrogen and oxygen atoms in total. The predicted octanol–water partition coefficient (Wildman–Crippen LogP) is 4.72. The third kappa shape index (κ3) is 2.29. The van der Waals surface area contributed by atoms with Crippen LogP contribution in [-0.2, 0) is 6.42 Å². The van der Waals surface area contributed by atoms with Crippen molar-refractivity contribution in [3.05, 3.63) is 70.8 Å². The van der Waals surface area contributed by atoms with Gasteiger partial charge in [-0.25, -0.2) is 0 Å². The summed E-state index contributed by atoms with van der Waals surface area (Å²) >= 11 is 0. The summed E-state index contributed by atoms with van der Waals surface area (Å²) in [6, 6.07) is 16.5. The second kappa shape index (κ2) is 5.24. The van der Waals surface area contributed by atoms with E-state index in [2.05, 4.69) is 38.1 Å². The van der Waals surface area contributed by atoms with E-state index in [1.165, 1.54) is 11.1 Å². The van der Waals surface area contributed by atoms with Crippen molar-refractivity contribution in [2.24, 2.45) is 0 Å². The molecule has 0 saturated carbocycles. The average molecular weight is 264 g/mol. The minimum atomic E-state index is 0.0357. The number of hydrogen-bond acceptors (Lipinski definition) is 1. The summed E-state index contributed by atoms with van der Waals surface area (Å²) in [5.74, 6) is 0.837. The first-order valence-electron chi connectivity index (χ1n) is 7.39. The van der Waals surface area contributed by atoms with E-state index in [9.17, 15) is 4.79 Å². The zero-order valence-corrected chi connectivity index (χ0v) is 12.1. The monoisotopic (exact) mass is 264 g/mol. The van der Waals surface area contributed by atoms with E-state index in [1.807, 2.05) is 24.3 Å². The number of ketones is 1. The van der Waals surface area contributed by atoms with E-state index in [-0.39, 0.29) is 11.7 Å². The molecular formula is C19H20O. The Kier molecular flexibility index (Phi) is 3.43. The maximum Gasteiger partial charge on any atom is 0.170 e. The molecule has 0 saturated heterocycles. The van der Waals surface area contributed by atoms with Gasteiger partial charge in [-0.05, 0) is 35.4 Å². The summed E-state index contributed by atoms with van der Waals surface area (Å²) in [4.78, 5) is 12.7. The van der Waals surface area contributed by atoms with Gasteiger partial charge in [0.25, 0.3) is 0 Å². The van der Waals surface area contributed by atoms with Crippen molar-refractivity contribution in [1.29, 1.82) is 0 Å². The number of hydrogen-bond donors (Lipinski definition) is 0. The molecule has 0 fully saturated rings. The Labute approximate surface area is 120 Å². The van der Waals surface area contributed by atoms with Gasteiger partial charge < -0.3 is 0 Å². The first-order valence-corrected chi connectivity index (χ1v) is 7.39. The Morgan fingerprint density at radius 2 is 1.80 bits per heavy atom. The van der Waals surface area contributed by atoms with Gasteiger partial charge in [0.2, 0.25) is 0 Å². The number of carbonyl (C=O) groups is 1. The van der Waals surface area contributed by atoms with Gasteiger partial charge in [0.15, 0.2) is 5.78 Å². The molecule has 1 atom stereocenters. The number of benzene rings is 2. The number of fused-ring (bicyclic) bond motifs is 1. The van der Waals surface area contributed by atoms with Crippen molar-refractivity contribution in [1.82, 2.24) is 0 Å². The van der Waals surface area contributed by atoms with Gasteiger partial charge >= 0.3 is 0 Å². The Hall–Kier alpha value is -1.89. The van der Waals surface area contributed by atoms with E-state index in [1.54, 1.807) is 0 Å². The fraction of sp³-hybridized carbons (Fsp3) is 0.316. The molecule has 0 aromatic heterocycles. The molecule has 1 aliphatic rings. The molecule has 2 aromatic rings. The summed E-state index contributed by atoms with van der Waals surface area (Å²) in [6.45, 7) is 4.39. The standard InChI is InChI=1S/C19H20O/c1-13(2)15-8-10-18-16(12-15)9-11-17(19(18)20)14-6-4-3-5-7-14/h3-8,10,12-13,17H,9,11H2,1-2H3/t17-/m0/s1. The van der Waals surface area contributed by atoms with Crippen molar-refractivity contribution in [3.63, 3.8) is 0 Å². The Bertz CT molecular complexity index is 625. The average Bonchev–Trinajstić information content (AvgIpc) is 2.48. The van der Waals surface area contributed by atoms with Crippen molar-refractivity contribution in [3.8, 4) is 0 Å². The lowest BCUT2D eigenvalue weighted by molar-refractivity contribution is 0.0946. The topological polar surface area (TPSA) is 17.1 Å². The van der Waals surface area contributed by atoms with Crippen LogP contribution in [0.1, 0.15) is 59.2 Å².